The van der Waals surface area contributed by atoms with E-state index in [2.05, 4.69) is 19.1 Å². The van der Waals surface area contributed by atoms with Gasteiger partial charge in [-0.2, -0.15) is 0 Å². The van der Waals surface area contributed by atoms with Crippen LogP contribution in [0.2, 0.25) is 5.02 Å². The van der Waals surface area contributed by atoms with Crippen LogP contribution >= 0.6 is 11.6 Å². The van der Waals surface area contributed by atoms with Crippen molar-refractivity contribution in [2.24, 2.45) is 29.6 Å². The minimum atomic E-state index is -0.256. The molecular formula is C25H34ClF. The van der Waals surface area contributed by atoms with E-state index in [1.807, 2.05) is 6.07 Å². The van der Waals surface area contributed by atoms with Crippen molar-refractivity contribution in [3.8, 4) is 0 Å². The monoisotopic (exact) mass is 388 g/mol. The third kappa shape index (κ3) is 4.44. The van der Waals surface area contributed by atoms with Crippen LogP contribution < -0.4 is 0 Å². The predicted molar refractivity (Wildman–Crippen MR) is 113 cm³/mol. The highest BCUT2D eigenvalue weighted by Gasteiger charge is 2.38. The molecule has 3 saturated carbocycles. The van der Waals surface area contributed by atoms with Crippen LogP contribution in [0.15, 0.2) is 30.4 Å². The normalized spacial score (nSPS) is 37.3. The SMILES string of the molecule is C/C=C/C1CCC(C2CCC3CC(c4ccc(Cl)c(F)c4)CCC3C2)CC1. The van der Waals surface area contributed by atoms with Crippen molar-refractivity contribution in [3.63, 3.8) is 0 Å². The Kier molecular flexibility index (Phi) is 6.27. The summed E-state index contributed by atoms with van der Waals surface area (Å²) in [5.74, 6) is 4.86. The fourth-order valence-electron chi connectivity index (χ4n) is 6.50. The lowest BCUT2D eigenvalue weighted by Gasteiger charge is -2.45. The lowest BCUT2D eigenvalue weighted by atomic mass is 9.60. The molecule has 4 unspecified atom stereocenters. The molecule has 27 heavy (non-hydrogen) atoms. The van der Waals surface area contributed by atoms with Gasteiger partial charge in [0.05, 0.1) is 5.02 Å². The first-order valence-corrected chi connectivity index (χ1v) is 11.6. The molecule has 0 amide bonds. The summed E-state index contributed by atoms with van der Waals surface area (Å²) in [6, 6.07) is 5.46. The molecule has 0 spiro atoms. The first-order chi connectivity index (χ1) is 13.1. The summed E-state index contributed by atoms with van der Waals surface area (Å²) in [5, 5.41) is 0.247. The zero-order chi connectivity index (χ0) is 18.8. The molecule has 4 rings (SSSR count). The van der Waals surface area contributed by atoms with E-state index in [4.69, 9.17) is 11.6 Å². The molecule has 0 saturated heterocycles. The second-order valence-electron chi connectivity index (χ2n) is 9.48. The molecule has 1 aromatic carbocycles. The van der Waals surface area contributed by atoms with Gasteiger partial charge in [-0.3, -0.25) is 0 Å². The Balaban J connectivity index is 1.32. The van der Waals surface area contributed by atoms with Crippen molar-refractivity contribution >= 4 is 11.6 Å². The standard InChI is InChI=1S/C25H34ClF/c1-2-3-17-4-6-18(7-5-17)19-8-9-21-15-22(11-10-20(21)14-19)23-12-13-24(26)25(27)16-23/h2-3,12-13,16-22H,4-11,14-15H2,1H3/b3-2+. The van der Waals surface area contributed by atoms with E-state index >= 15 is 0 Å². The number of allylic oxidation sites excluding steroid dienone is 2. The van der Waals surface area contributed by atoms with Gasteiger partial charge in [0.1, 0.15) is 5.82 Å². The Morgan fingerprint density at radius 1 is 0.852 bits per heavy atom. The van der Waals surface area contributed by atoms with Crippen LogP contribution in [0.4, 0.5) is 4.39 Å². The van der Waals surface area contributed by atoms with Crippen molar-refractivity contribution in [1.29, 1.82) is 0 Å². The van der Waals surface area contributed by atoms with Crippen molar-refractivity contribution in [1.82, 2.24) is 0 Å². The Labute approximate surface area is 169 Å². The van der Waals surface area contributed by atoms with Crippen molar-refractivity contribution in [3.05, 3.63) is 46.8 Å². The number of rotatable bonds is 3. The van der Waals surface area contributed by atoms with Gasteiger partial charge in [0.15, 0.2) is 0 Å². The smallest absolute Gasteiger partial charge is 0.142 e. The highest BCUT2D eigenvalue weighted by Crippen LogP contribution is 2.51. The van der Waals surface area contributed by atoms with E-state index < -0.39 is 0 Å². The maximum Gasteiger partial charge on any atom is 0.142 e. The molecule has 0 aliphatic heterocycles. The number of fused-ring (bicyclic) bond motifs is 1. The zero-order valence-electron chi connectivity index (χ0n) is 16.7. The number of hydrogen-bond donors (Lipinski definition) is 0. The van der Waals surface area contributed by atoms with E-state index in [0.717, 1.165) is 29.6 Å². The van der Waals surface area contributed by atoms with Gasteiger partial charge in [0.25, 0.3) is 0 Å². The number of halogens is 2. The minimum Gasteiger partial charge on any atom is -0.205 e. The molecular weight excluding hydrogens is 355 g/mol. The quantitative estimate of drug-likeness (QED) is 0.458. The molecule has 0 radical (unpaired) electrons. The average Bonchev–Trinajstić information content (AvgIpc) is 2.70. The molecule has 2 heteroatoms. The second-order valence-corrected chi connectivity index (χ2v) is 9.88. The summed E-state index contributed by atoms with van der Waals surface area (Å²) >= 11 is 5.87. The Bertz CT molecular complexity index is 658. The van der Waals surface area contributed by atoms with Crippen LogP contribution in [0.1, 0.15) is 82.6 Å². The van der Waals surface area contributed by atoms with Gasteiger partial charge in [0.2, 0.25) is 0 Å². The Morgan fingerprint density at radius 2 is 1.48 bits per heavy atom. The van der Waals surface area contributed by atoms with E-state index in [-0.39, 0.29) is 10.8 Å². The summed E-state index contributed by atoms with van der Waals surface area (Å²) in [6.07, 6.45) is 18.5. The van der Waals surface area contributed by atoms with Gasteiger partial charge in [0, 0.05) is 0 Å². The fourth-order valence-corrected chi connectivity index (χ4v) is 6.62. The molecule has 3 aliphatic rings. The minimum absolute atomic E-state index is 0.247. The van der Waals surface area contributed by atoms with Gasteiger partial charge >= 0.3 is 0 Å². The largest absolute Gasteiger partial charge is 0.205 e. The number of hydrogen-bond acceptors (Lipinski definition) is 0. The van der Waals surface area contributed by atoms with Gasteiger partial charge in [-0.15, -0.1) is 0 Å². The van der Waals surface area contributed by atoms with Crippen LogP contribution in [0.3, 0.4) is 0 Å². The lowest BCUT2D eigenvalue weighted by Crippen LogP contribution is -2.34. The van der Waals surface area contributed by atoms with Crippen LogP contribution in [0.5, 0.6) is 0 Å². The molecule has 0 heterocycles. The second kappa shape index (κ2) is 8.68. The summed E-state index contributed by atoms with van der Waals surface area (Å²) < 4.78 is 13.9. The summed E-state index contributed by atoms with van der Waals surface area (Å²) in [5.41, 5.74) is 1.17. The molecule has 0 aromatic heterocycles. The first kappa shape index (κ1) is 19.5. The van der Waals surface area contributed by atoms with E-state index in [1.165, 1.54) is 69.8 Å². The predicted octanol–water partition coefficient (Wildman–Crippen LogP) is 8.16. The molecule has 4 atom stereocenters. The van der Waals surface area contributed by atoms with Gasteiger partial charge < -0.3 is 0 Å². The van der Waals surface area contributed by atoms with Crippen molar-refractivity contribution < 1.29 is 4.39 Å². The van der Waals surface area contributed by atoms with E-state index in [0.29, 0.717) is 5.92 Å². The average molecular weight is 389 g/mol. The molecule has 0 nitrogen and oxygen atoms in total. The molecule has 148 valence electrons. The highest BCUT2D eigenvalue weighted by atomic mass is 35.5. The van der Waals surface area contributed by atoms with Crippen LogP contribution in [-0.2, 0) is 0 Å². The molecule has 3 aliphatic carbocycles. The third-order valence-corrected chi connectivity index (χ3v) is 8.32. The van der Waals surface area contributed by atoms with Crippen LogP contribution in [0, 0.1) is 35.4 Å². The van der Waals surface area contributed by atoms with Gasteiger partial charge in [-0.05, 0) is 124 Å². The van der Waals surface area contributed by atoms with Crippen LogP contribution in [-0.4, -0.2) is 0 Å². The maximum absolute atomic E-state index is 13.9. The summed E-state index contributed by atoms with van der Waals surface area (Å²) in [7, 11) is 0. The summed E-state index contributed by atoms with van der Waals surface area (Å²) in [4.78, 5) is 0. The van der Waals surface area contributed by atoms with Crippen LogP contribution in [0.25, 0.3) is 0 Å². The maximum atomic E-state index is 13.9. The molecule has 0 N–H and O–H groups in total. The molecule has 0 bridgehead atoms. The Morgan fingerprint density at radius 3 is 2.19 bits per heavy atom. The van der Waals surface area contributed by atoms with Gasteiger partial charge in [-0.25, -0.2) is 4.39 Å². The fraction of sp³-hybridized carbons (Fsp3) is 0.680. The van der Waals surface area contributed by atoms with E-state index in [1.54, 1.807) is 12.1 Å². The van der Waals surface area contributed by atoms with Crippen molar-refractivity contribution in [2.75, 3.05) is 0 Å². The summed E-state index contributed by atoms with van der Waals surface area (Å²) in [6.45, 7) is 2.15. The lowest BCUT2D eigenvalue weighted by molar-refractivity contribution is 0.0748. The zero-order valence-corrected chi connectivity index (χ0v) is 17.4. The molecule has 1 aromatic rings. The van der Waals surface area contributed by atoms with Gasteiger partial charge in [-0.1, -0.05) is 29.8 Å². The van der Waals surface area contributed by atoms with E-state index in [9.17, 15) is 4.39 Å². The topological polar surface area (TPSA) is 0 Å². The van der Waals surface area contributed by atoms with Crippen molar-refractivity contribution in [2.45, 2.75) is 77.0 Å². The molecule has 3 fully saturated rings. The first-order valence-electron chi connectivity index (χ1n) is 11.2. The highest BCUT2D eigenvalue weighted by molar-refractivity contribution is 6.30. The third-order valence-electron chi connectivity index (χ3n) is 8.02. The number of benzene rings is 1. The Hall–Kier alpha value is -0.820.